The van der Waals surface area contributed by atoms with E-state index in [1.165, 1.54) is 3.97 Å². The molecule has 0 radical (unpaired) electrons. The zero-order valence-corrected chi connectivity index (χ0v) is 17.2. The second-order valence-corrected chi connectivity index (χ2v) is 8.57. The van der Waals surface area contributed by atoms with E-state index in [1.54, 1.807) is 55.8 Å². The Kier molecular flexibility index (Phi) is 5.25. The van der Waals surface area contributed by atoms with E-state index in [4.69, 9.17) is 9.47 Å². The summed E-state index contributed by atoms with van der Waals surface area (Å²) in [6.07, 6.45) is 1.56. The molecule has 26 heavy (non-hydrogen) atoms. The molecule has 0 N–H and O–H groups in total. The van der Waals surface area contributed by atoms with Crippen molar-refractivity contribution in [3.05, 3.63) is 64.8 Å². The zero-order chi connectivity index (χ0) is 18.9. The van der Waals surface area contributed by atoms with Crippen LogP contribution in [0.15, 0.2) is 64.1 Å². The molecule has 0 aliphatic carbocycles. The predicted octanol–water partition coefficient (Wildman–Crippen LogP) is 4.50. The summed E-state index contributed by atoms with van der Waals surface area (Å²) in [6.45, 7) is 4.21. The number of methoxy groups -OCH3 is 1. The number of hydrogen-bond acceptors (Lipinski definition) is 4. The Hall–Kier alpha value is -1.67. The first-order valence-corrected chi connectivity index (χ1v) is 10.4. The summed E-state index contributed by atoms with van der Waals surface area (Å²) in [7, 11) is -2.09. The van der Waals surface area contributed by atoms with E-state index < -0.39 is 15.8 Å². The van der Waals surface area contributed by atoms with Gasteiger partial charge >= 0.3 is 0 Å². The number of fused-ring (bicyclic) bond motifs is 1. The lowest BCUT2D eigenvalue weighted by Crippen LogP contribution is -2.28. The summed E-state index contributed by atoms with van der Waals surface area (Å²) >= 11 is 3.54. The summed E-state index contributed by atoms with van der Waals surface area (Å²) < 4.78 is 39.2. The standard InChI is InChI=1S/C19H20BrNO4S/c1-4-25-19(2,24-3)16-12-14-10-11-21(18(14)13-17(16)20)26(22,23)15-8-6-5-7-9-15/h5-13H,4H2,1-3H3. The topological polar surface area (TPSA) is 57.5 Å². The maximum atomic E-state index is 13.0. The Labute approximate surface area is 161 Å². The van der Waals surface area contributed by atoms with Crippen molar-refractivity contribution in [1.29, 1.82) is 0 Å². The molecular formula is C19H20BrNO4S. The van der Waals surface area contributed by atoms with Gasteiger partial charge in [0.1, 0.15) is 0 Å². The Morgan fingerprint density at radius 1 is 1.15 bits per heavy atom. The van der Waals surface area contributed by atoms with E-state index in [1.807, 2.05) is 19.9 Å². The molecule has 1 atom stereocenters. The number of hydrogen-bond donors (Lipinski definition) is 0. The van der Waals surface area contributed by atoms with Crippen LogP contribution in [0.1, 0.15) is 19.4 Å². The molecule has 7 heteroatoms. The number of rotatable bonds is 6. The van der Waals surface area contributed by atoms with Gasteiger partial charge in [-0.3, -0.25) is 0 Å². The van der Waals surface area contributed by atoms with Crippen LogP contribution in [-0.4, -0.2) is 26.1 Å². The van der Waals surface area contributed by atoms with Crippen LogP contribution in [0.3, 0.4) is 0 Å². The lowest BCUT2D eigenvalue weighted by molar-refractivity contribution is -0.216. The lowest BCUT2D eigenvalue weighted by Gasteiger charge is -2.29. The van der Waals surface area contributed by atoms with Gasteiger partial charge in [0.05, 0.1) is 10.4 Å². The Morgan fingerprint density at radius 3 is 2.46 bits per heavy atom. The summed E-state index contributed by atoms with van der Waals surface area (Å²) in [4.78, 5) is 0.244. The van der Waals surface area contributed by atoms with Gasteiger partial charge in [0.2, 0.25) is 0 Å². The molecule has 0 fully saturated rings. The van der Waals surface area contributed by atoms with Gasteiger partial charge < -0.3 is 9.47 Å². The van der Waals surface area contributed by atoms with Gasteiger partial charge in [-0.05, 0) is 44.2 Å². The third-order valence-corrected chi connectivity index (χ3v) is 6.70. The van der Waals surface area contributed by atoms with Gasteiger partial charge in [-0.25, -0.2) is 12.4 Å². The number of aromatic nitrogens is 1. The van der Waals surface area contributed by atoms with Crippen molar-refractivity contribution in [2.75, 3.05) is 13.7 Å². The highest BCUT2D eigenvalue weighted by molar-refractivity contribution is 9.10. The van der Waals surface area contributed by atoms with Crippen LogP contribution in [-0.2, 0) is 25.3 Å². The first-order valence-electron chi connectivity index (χ1n) is 8.14. The van der Waals surface area contributed by atoms with Crippen molar-refractivity contribution in [1.82, 2.24) is 3.97 Å². The van der Waals surface area contributed by atoms with E-state index in [9.17, 15) is 8.42 Å². The normalized spacial score (nSPS) is 14.5. The van der Waals surface area contributed by atoms with Crippen LogP contribution in [0.4, 0.5) is 0 Å². The third kappa shape index (κ3) is 3.20. The predicted molar refractivity (Wildman–Crippen MR) is 105 cm³/mol. The Balaban J connectivity index is 2.17. The van der Waals surface area contributed by atoms with Gasteiger partial charge in [-0.2, -0.15) is 0 Å². The van der Waals surface area contributed by atoms with Gasteiger partial charge in [0.15, 0.2) is 5.79 Å². The second kappa shape index (κ2) is 7.15. The fourth-order valence-corrected chi connectivity index (χ4v) is 4.98. The average molecular weight is 438 g/mol. The quantitative estimate of drug-likeness (QED) is 0.532. The second-order valence-electron chi connectivity index (χ2n) is 5.90. The molecule has 5 nitrogen and oxygen atoms in total. The summed E-state index contributed by atoms with van der Waals surface area (Å²) in [5.74, 6) is -0.928. The lowest BCUT2D eigenvalue weighted by atomic mass is 10.1. The fourth-order valence-electron chi connectivity index (χ4n) is 2.92. The molecule has 3 aromatic rings. The van der Waals surface area contributed by atoms with Crippen molar-refractivity contribution < 1.29 is 17.9 Å². The fraction of sp³-hybridized carbons (Fsp3) is 0.263. The molecule has 0 amide bonds. The maximum absolute atomic E-state index is 13.0. The van der Waals surface area contributed by atoms with Gasteiger partial charge in [0.25, 0.3) is 10.0 Å². The highest BCUT2D eigenvalue weighted by atomic mass is 79.9. The molecule has 1 heterocycles. The molecule has 1 aromatic heterocycles. The van der Waals surface area contributed by atoms with Crippen LogP contribution in [0.2, 0.25) is 0 Å². The summed E-state index contributed by atoms with van der Waals surface area (Å²) in [5, 5.41) is 0.783. The minimum absolute atomic E-state index is 0.244. The number of benzene rings is 2. The highest BCUT2D eigenvalue weighted by Gasteiger charge is 2.30. The smallest absolute Gasteiger partial charge is 0.268 e. The molecule has 0 spiro atoms. The molecule has 0 aliphatic rings. The van der Waals surface area contributed by atoms with Crippen LogP contribution < -0.4 is 0 Å². The Bertz CT molecular complexity index is 1030. The number of ether oxygens (including phenoxy) is 2. The average Bonchev–Trinajstić information content (AvgIpc) is 3.05. The zero-order valence-electron chi connectivity index (χ0n) is 14.8. The first kappa shape index (κ1) is 19.1. The van der Waals surface area contributed by atoms with Crippen molar-refractivity contribution >= 4 is 36.9 Å². The third-order valence-electron chi connectivity index (χ3n) is 4.34. The maximum Gasteiger partial charge on any atom is 0.268 e. The van der Waals surface area contributed by atoms with E-state index in [0.717, 1.165) is 10.9 Å². The molecule has 0 aliphatic heterocycles. The van der Waals surface area contributed by atoms with Crippen molar-refractivity contribution in [3.8, 4) is 0 Å². The van der Waals surface area contributed by atoms with E-state index in [-0.39, 0.29) is 4.90 Å². The molecule has 138 valence electrons. The number of halogens is 1. The minimum atomic E-state index is -3.67. The number of nitrogens with zero attached hydrogens (tertiary/aromatic N) is 1. The van der Waals surface area contributed by atoms with E-state index in [2.05, 4.69) is 15.9 Å². The molecule has 2 aromatic carbocycles. The molecule has 0 saturated carbocycles. The first-order chi connectivity index (χ1) is 12.3. The van der Waals surface area contributed by atoms with Crippen molar-refractivity contribution in [3.63, 3.8) is 0 Å². The molecular weight excluding hydrogens is 418 g/mol. The van der Waals surface area contributed by atoms with Gasteiger partial charge in [0, 0.05) is 35.3 Å². The van der Waals surface area contributed by atoms with Crippen LogP contribution in [0, 0.1) is 0 Å². The van der Waals surface area contributed by atoms with Gasteiger partial charge in [-0.15, -0.1) is 0 Å². The SMILES string of the molecule is CCOC(C)(OC)c1cc2ccn(S(=O)(=O)c3ccccc3)c2cc1Br. The van der Waals surface area contributed by atoms with E-state index in [0.29, 0.717) is 16.6 Å². The van der Waals surface area contributed by atoms with E-state index >= 15 is 0 Å². The van der Waals surface area contributed by atoms with Gasteiger partial charge in [-0.1, -0.05) is 34.1 Å². The Morgan fingerprint density at radius 2 is 1.85 bits per heavy atom. The monoisotopic (exact) mass is 437 g/mol. The molecule has 0 bridgehead atoms. The molecule has 0 saturated heterocycles. The summed E-state index contributed by atoms with van der Waals surface area (Å²) in [5.41, 5.74) is 1.38. The van der Waals surface area contributed by atoms with Crippen LogP contribution >= 0.6 is 15.9 Å². The highest BCUT2D eigenvalue weighted by Crippen LogP contribution is 2.36. The largest absolute Gasteiger partial charge is 0.349 e. The van der Waals surface area contributed by atoms with Crippen LogP contribution in [0.5, 0.6) is 0 Å². The minimum Gasteiger partial charge on any atom is -0.349 e. The molecule has 1 unspecified atom stereocenters. The molecule has 3 rings (SSSR count). The van der Waals surface area contributed by atoms with Crippen molar-refractivity contribution in [2.24, 2.45) is 0 Å². The van der Waals surface area contributed by atoms with Crippen LogP contribution in [0.25, 0.3) is 10.9 Å². The summed E-state index contributed by atoms with van der Waals surface area (Å²) in [6, 6.07) is 13.8. The van der Waals surface area contributed by atoms with Crippen molar-refractivity contribution in [2.45, 2.75) is 24.5 Å².